The molecule has 0 aliphatic heterocycles. The second-order valence-corrected chi connectivity index (χ2v) is 23.3. The summed E-state index contributed by atoms with van der Waals surface area (Å²) in [6.45, 7) is 0. The summed E-state index contributed by atoms with van der Waals surface area (Å²) >= 11 is 0. The van der Waals surface area contributed by atoms with E-state index < -0.39 is 0 Å². The highest BCUT2D eigenvalue weighted by atomic mass is 15.2. The summed E-state index contributed by atoms with van der Waals surface area (Å²) < 4.78 is 0. The van der Waals surface area contributed by atoms with Gasteiger partial charge in [0, 0.05) is 90.5 Å². The number of anilines is 12. The molecule has 0 aliphatic rings. The predicted molar refractivity (Wildman–Crippen MR) is 395 cm³/mol. The van der Waals surface area contributed by atoms with Crippen molar-refractivity contribution in [1.82, 2.24) is 49.8 Å². The van der Waals surface area contributed by atoms with Gasteiger partial charge < -0.3 is 19.6 Å². The molecule has 17 aromatic rings. The van der Waals surface area contributed by atoms with Crippen molar-refractivity contribution in [1.29, 1.82) is 0 Å². The molecule has 12 aromatic carbocycles. The zero-order valence-electron chi connectivity index (χ0n) is 52.6. The Morgan fingerprint density at radius 2 is 0.245 bits per heavy atom. The van der Waals surface area contributed by atoms with Crippen molar-refractivity contribution in [2.24, 2.45) is 0 Å². The number of hydrogen-bond acceptors (Lipinski definition) is 14. The normalized spacial score (nSPS) is 11.3. The Labute approximate surface area is 564 Å². The summed E-state index contributed by atoms with van der Waals surface area (Å²) in [5, 5.41) is 0. The van der Waals surface area contributed by atoms with Gasteiger partial charge in [-0.2, -0.15) is 0 Å². The monoisotopic (exact) mass is 1260 g/mol. The van der Waals surface area contributed by atoms with E-state index >= 15 is 0 Å². The lowest BCUT2D eigenvalue weighted by molar-refractivity contribution is 1.13. The lowest BCUT2D eigenvalue weighted by atomic mass is 10.0. The van der Waals surface area contributed by atoms with Gasteiger partial charge in [0.15, 0.2) is 0 Å². The molecule has 0 aliphatic carbocycles. The number of benzene rings is 12. The SMILES string of the molecule is c1ccc(N(c2ccccc2)c2ccc(-c3nc4nc5nc6nc7nc(-c8ccc(N(c9ccccc9)c9ccccc9)cc8)c(-c8ccc(N(c9ccccc9)c9ccccc9)cc8)nc7nc6nc5nc4nc3-c3ccc(N(c4ccccc4)c4ccccc4)cc3)cc2)cc1. The molecule has 0 N–H and O–H groups in total. The molecule has 5 aromatic heterocycles. The van der Waals surface area contributed by atoms with Crippen LogP contribution in [0.4, 0.5) is 68.2 Å². The van der Waals surface area contributed by atoms with E-state index in [4.69, 9.17) is 49.8 Å². The van der Waals surface area contributed by atoms with Crippen LogP contribution in [0.2, 0.25) is 0 Å². The van der Waals surface area contributed by atoms with Crippen molar-refractivity contribution in [3.05, 3.63) is 340 Å². The van der Waals surface area contributed by atoms with Gasteiger partial charge in [0.1, 0.15) is 0 Å². The van der Waals surface area contributed by atoms with Gasteiger partial charge >= 0.3 is 0 Å². The first-order valence-corrected chi connectivity index (χ1v) is 32.2. The van der Waals surface area contributed by atoms with E-state index in [0.717, 1.165) is 90.5 Å². The Kier molecular flexibility index (Phi) is 15.2. The van der Waals surface area contributed by atoms with Crippen LogP contribution in [0.5, 0.6) is 0 Å². The van der Waals surface area contributed by atoms with Gasteiger partial charge in [-0.3, -0.25) is 0 Å². The summed E-state index contributed by atoms with van der Waals surface area (Å²) in [6, 6.07) is 116. The Morgan fingerprint density at radius 3 is 0.388 bits per heavy atom. The standard InChI is InChI=1S/C84H56N14/c1-9-25-61(26-10-1)95(62-27-11-2-12-28-62)69-49-41-57(42-50-69)73-74(58-43-51-70(52-44-58)96(63-29-13-3-14-30-63)64-31-15-4-16-32-64)86-78-77(85-73)89-81-82(90-78)94-84-83(93-81)91-79-80(92-84)88-76(60-47-55-72(56-48-60)98(67-37-21-7-22-38-67)68-39-23-8-24-40-68)75(87-79)59-45-53-71(54-46-59)97(65-33-17-5-18-34-65)66-35-19-6-20-36-66/h1-56H. The van der Waals surface area contributed by atoms with Crippen molar-refractivity contribution in [2.45, 2.75) is 0 Å². The fourth-order valence-electron chi connectivity index (χ4n) is 12.5. The van der Waals surface area contributed by atoms with Crippen molar-refractivity contribution in [3.63, 3.8) is 0 Å². The molecule has 14 heteroatoms. The molecule has 0 amide bonds. The fourth-order valence-corrected chi connectivity index (χ4v) is 12.5. The summed E-state index contributed by atoms with van der Waals surface area (Å²) in [5.74, 6) is 0. The molecule has 98 heavy (non-hydrogen) atoms. The van der Waals surface area contributed by atoms with Crippen molar-refractivity contribution in [2.75, 3.05) is 19.6 Å². The maximum atomic E-state index is 5.33. The van der Waals surface area contributed by atoms with Crippen LogP contribution in [-0.2, 0) is 0 Å². The van der Waals surface area contributed by atoms with Gasteiger partial charge in [-0.15, -0.1) is 0 Å². The van der Waals surface area contributed by atoms with E-state index in [1.807, 2.05) is 146 Å². The van der Waals surface area contributed by atoms with Crippen molar-refractivity contribution in [3.8, 4) is 45.0 Å². The van der Waals surface area contributed by atoms with Gasteiger partial charge in [-0.05, 0) is 146 Å². The quantitative estimate of drug-likeness (QED) is 0.0847. The van der Waals surface area contributed by atoms with E-state index in [1.54, 1.807) is 0 Å². The second kappa shape index (κ2) is 25.6. The van der Waals surface area contributed by atoms with Crippen molar-refractivity contribution >= 4 is 113 Å². The summed E-state index contributed by atoms with van der Waals surface area (Å²) in [7, 11) is 0. The van der Waals surface area contributed by atoms with Crippen molar-refractivity contribution < 1.29 is 0 Å². The summed E-state index contributed by atoms with van der Waals surface area (Å²) in [6.07, 6.45) is 0. The molecular weight excluding hydrogens is 1210 g/mol. The lowest BCUT2D eigenvalue weighted by Crippen LogP contribution is -2.10. The maximum Gasteiger partial charge on any atom is 0.202 e. The van der Waals surface area contributed by atoms with Crippen LogP contribution in [0.15, 0.2) is 340 Å². The third-order valence-corrected chi connectivity index (χ3v) is 17.1. The molecule has 0 spiro atoms. The first-order valence-electron chi connectivity index (χ1n) is 32.2. The van der Waals surface area contributed by atoms with E-state index in [9.17, 15) is 0 Å². The molecular formula is C84H56N14. The fraction of sp³-hybridized carbons (Fsp3) is 0. The topological polar surface area (TPSA) is 142 Å². The molecule has 0 unspecified atom stereocenters. The third kappa shape index (κ3) is 11.4. The van der Waals surface area contributed by atoms with E-state index in [0.29, 0.717) is 22.8 Å². The average molecular weight is 1260 g/mol. The van der Waals surface area contributed by atoms with Crippen LogP contribution < -0.4 is 19.6 Å². The van der Waals surface area contributed by atoms with E-state index in [2.05, 4.69) is 214 Å². The average Bonchev–Trinajstić information content (AvgIpc) is 0.752. The highest BCUT2D eigenvalue weighted by molar-refractivity contribution is 5.93. The predicted octanol–water partition coefficient (Wildman–Crippen LogP) is 20.8. The second-order valence-electron chi connectivity index (χ2n) is 23.3. The molecule has 14 nitrogen and oxygen atoms in total. The lowest BCUT2D eigenvalue weighted by Gasteiger charge is -2.26. The Balaban J connectivity index is 0.796. The molecule has 5 heterocycles. The first kappa shape index (κ1) is 58.1. The smallest absolute Gasteiger partial charge is 0.202 e. The number of para-hydroxylation sites is 8. The summed E-state index contributed by atoms with van der Waals surface area (Å²) in [5.41, 5.74) is 19.9. The van der Waals surface area contributed by atoms with Crippen LogP contribution in [0.3, 0.4) is 0 Å². The minimum Gasteiger partial charge on any atom is -0.311 e. The molecule has 17 rings (SSSR count). The van der Waals surface area contributed by atoms with Crippen LogP contribution in [0.25, 0.3) is 90.2 Å². The highest BCUT2D eigenvalue weighted by Crippen LogP contribution is 2.43. The largest absolute Gasteiger partial charge is 0.311 e. The van der Waals surface area contributed by atoms with E-state index in [1.165, 1.54) is 0 Å². The van der Waals surface area contributed by atoms with Gasteiger partial charge in [0.2, 0.25) is 45.2 Å². The van der Waals surface area contributed by atoms with Crippen LogP contribution in [-0.4, -0.2) is 49.8 Å². The number of fused-ring (bicyclic) bond motifs is 4. The molecule has 0 atom stereocenters. The van der Waals surface area contributed by atoms with Crippen LogP contribution >= 0.6 is 0 Å². The van der Waals surface area contributed by atoms with Gasteiger partial charge in [-0.25, -0.2) is 49.8 Å². The van der Waals surface area contributed by atoms with E-state index in [-0.39, 0.29) is 45.2 Å². The molecule has 462 valence electrons. The van der Waals surface area contributed by atoms with Crippen LogP contribution in [0, 0.1) is 0 Å². The zero-order chi connectivity index (χ0) is 65.1. The number of nitrogens with zero attached hydrogens (tertiary/aromatic N) is 14. The van der Waals surface area contributed by atoms with Gasteiger partial charge in [0.25, 0.3) is 0 Å². The zero-order valence-corrected chi connectivity index (χ0v) is 52.6. The first-order chi connectivity index (χ1) is 48.6. The third-order valence-electron chi connectivity index (χ3n) is 17.1. The Hall–Kier alpha value is -13.7. The molecule has 0 radical (unpaired) electrons. The molecule has 0 saturated heterocycles. The maximum absolute atomic E-state index is 5.33. The van der Waals surface area contributed by atoms with Gasteiger partial charge in [0.05, 0.1) is 22.8 Å². The Bertz CT molecular complexity index is 4780. The van der Waals surface area contributed by atoms with Crippen LogP contribution in [0.1, 0.15) is 0 Å². The minimum absolute atomic E-state index is 0.219. The number of hydrogen-bond donors (Lipinski definition) is 0. The highest BCUT2D eigenvalue weighted by Gasteiger charge is 2.24. The molecule has 0 bridgehead atoms. The number of aromatic nitrogens is 10. The molecule has 0 fully saturated rings. The van der Waals surface area contributed by atoms with Gasteiger partial charge in [-0.1, -0.05) is 194 Å². The number of rotatable bonds is 16. The summed E-state index contributed by atoms with van der Waals surface area (Å²) in [4.78, 5) is 60.5. The molecule has 0 saturated carbocycles. The Morgan fingerprint density at radius 1 is 0.122 bits per heavy atom. The minimum atomic E-state index is 0.219.